The number of carboxylic acid groups (broad SMARTS) is 2. The summed E-state index contributed by atoms with van der Waals surface area (Å²) in [5.74, 6) is -5.16. The maximum atomic E-state index is 13.2. The van der Waals surface area contributed by atoms with E-state index < -0.39 is 53.3 Å². The molecule has 0 aliphatic rings. The third-order valence-electron chi connectivity index (χ3n) is 4.84. The number of carboxylic acids is 2. The molecule has 0 saturated carbocycles. The Morgan fingerprint density at radius 1 is 0.667 bits per heavy atom. The summed E-state index contributed by atoms with van der Waals surface area (Å²) in [7, 11) is 0. The zero-order chi connectivity index (χ0) is 24.4. The Kier molecular flexibility index (Phi) is 8.68. The highest BCUT2D eigenvalue weighted by molar-refractivity contribution is 6.03. The van der Waals surface area contributed by atoms with Crippen LogP contribution in [0.5, 0.6) is 0 Å². The number of ether oxygens (including phenoxy) is 2. The first-order chi connectivity index (χ1) is 15.7. The number of rotatable bonds is 12. The number of hydrogen-bond donors (Lipinski definition) is 2. The minimum atomic E-state index is -2.30. The van der Waals surface area contributed by atoms with Gasteiger partial charge >= 0.3 is 23.9 Å². The molecule has 8 heteroatoms. The largest absolute Gasteiger partial charge is 0.478 e. The lowest BCUT2D eigenvalue weighted by Gasteiger charge is -2.29. The van der Waals surface area contributed by atoms with Gasteiger partial charge in [0.15, 0.2) is 5.41 Å². The fourth-order valence-electron chi connectivity index (χ4n) is 3.04. The summed E-state index contributed by atoms with van der Waals surface area (Å²) >= 11 is 0. The van der Waals surface area contributed by atoms with E-state index in [2.05, 4.69) is 13.2 Å². The van der Waals surface area contributed by atoms with Gasteiger partial charge in [0.2, 0.25) is 0 Å². The predicted molar refractivity (Wildman–Crippen MR) is 118 cm³/mol. The Balaban J connectivity index is 2.39. The van der Waals surface area contributed by atoms with Crippen LogP contribution in [0.2, 0.25) is 0 Å². The minimum absolute atomic E-state index is 0.216. The molecule has 0 fully saturated rings. The molecule has 2 aromatic rings. The number of esters is 2. The van der Waals surface area contributed by atoms with Crippen molar-refractivity contribution in [1.29, 1.82) is 0 Å². The fraction of sp³-hybridized carbons (Fsp3) is 0.200. The third-order valence-corrected chi connectivity index (χ3v) is 4.84. The van der Waals surface area contributed by atoms with Gasteiger partial charge in [-0.05, 0) is 11.1 Å². The zero-order valence-corrected chi connectivity index (χ0v) is 17.9. The minimum Gasteiger partial charge on any atom is -0.478 e. The number of carbonyl (C=O) groups excluding carboxylic acids is 2. The summed E-state index contributed by atoms with van der Waals surface area (Å²) in [4.78, 5) is 49.3. The molecular formula is C25H24O8. The van der Waals surface area contributed by atoms with E-state index in [9.17, 15) is 29.4 Å². The van der Waals surface area contributed by atoms with E-state index in [0.717, 1.165) is 0 Å². The molecule has 0 aliphatic heterocycles. The average molecular weight is 452 g/mol. The van der Waals surface area contributed by atoms with E-state index in [-0.39, 0.29) is 13.2 Å². The maximum absolute atomic E-state index is 13.2. The molecule has 33 heavy (non-hydrogen) atoms. The summed E-state index contributed by atoms with van der Waals surface area (Å²) in [5, 5.41) is 18.7. The van der Waals surface area contributed by atoms with E-state index in [0.29, 0.717) is 11.1 Å². The third kappa shape index (κ3) is 6.90. The molecular weight excluding hydrogens is 428 g/mol. The van der Waals surface area contributed by atoms with Crippen LogP contribution in [-0.2, 0) is 41.9 Å². The number of hydrogen-bond acceptors (Lipinski definition) is 6. The van der Waals surface area contributed by atoms with Gasteiger partial charge in [-0.2, -0.15) is 0 Å². The van der Waals surface area contributed by atoms with Crippen LogP contribution < -0.4 is 0 Å². The van der Waals surface area contributed by atoms with Gasteiger partial charge in [-0.3, -0.25) is 9.59 Å². The Bertz CT molecular complexity index is 955. The van der Waals surface area contributed by atoms with Gasteiger partial charge in [0.1, 0.15) is 13.2 Å². The molecule has 2 aromatic carbocycles. The summed E-state index contributed by atoms with van der Waals surface area (Å²) < 4.78 is 10.6. The van der Waals surface area contributed by atoms with Gasteiger partial charge in [-0.1, -0.05) is 73.8 Å². The van der Waals surface area contributed by atoms with E-state index in [1.54, 1.807) is 60.7 Å². The van der Waals surface area contributed by atoms with Gasteiger partial charge in [0, 0.05) is 24.0 Å². The second-order valence-corrected chi connectivity index (χ2v) is 7.38. The highest BCUT2D eigenvalue weighted by Gasteiger charge is 2.51. The monoisotopic (exact) mass is 452 g/mol. The van der Waals surface area contributed by atoms with Crippen molar-refractivity contribution in [1.82, 2.24) is 0 Å². The maximum Gasteiger partial charge on any atom is 0.331 e. The van der Waals surface area contributed by atoms with Gasteiger partial charge in [-0.15, -0.1) is 0 Å². The lowest BCUT2D eigenvalue weighted by atomic mass is 9.76. The quantitative estimate of drug-likeness (QED) is 0.284. The van der Waals surface area contributed by atoms with Gasteiger partial charge in [0.25, 0.3) is 0 Å². The molecule has 0 aliphatic carbocycles. The van der Waals surface area contributed by atoms with E-state index in [4.69, 9.17) is 9.47 Å². The van der Waals surface area contributed by atoms with Gasteiger partial charge in [0.05, 0.1) is 0 Å². The molecule has 2 N–H and O–H groups in total. The van der Waals surface area contributed by atoms with Crippen molar-refractivity contribution in [2.75, 3.05) is 0 Å². The highest BCUT2D eigenvalue weighted by Crippen LogP contribution is 2.37. The van der Waals surface area contributed by atoms with Crippen molar-refractivity contribution < 1.29 is 38.9 Å². The summed E-state index contributed by atoms with van der Waals surface area (Å²) in [6, 6.07) is 17.2. The fourth-order valence-corrected chi connectivity index (χ4v) is 3.04. The van der Waals surface area contributed by atoms with Crippen molar-refractivity contribution in [3.05, 3.63) is 96.1 Å². The molecule has 0 atom stereocenters. The van der Waals surface area contributed by atoms with Crippen molar-refractivity contribution in [2.45, 2.75) is 26.1 Å². The van der Waals surface area contributed by atoms with E-state index in [1.165, 1.54) is 0 Å². The van der Waals surface area contributed by atoms with Crippen LogP contribution in [-0.4, -0.2) is 34.1 Å². The molecule has 0 spiro atoms. The number of carbonyl (C=O) groups is 4. The second kappa shape index (κ2) is 11.4. The molecule has 0 heterocycles. The smallest absolute Gasteiger partial charge is 0.331 e. The first kappa shape index (κ1) is 25.1. The normalized spacial score (nSPS) is 10.7. The van der Waals surface area contributed by atoms with Crippen LogP contribution in [0.1, 0.15) is 24.0 Å². The van der Waals surface area contributed by atoms with Gasteiger partial charge < -0.3 is 19.7 Å². The standard InChI is InChI=1S/C25H24O8/c1-17(21(26)27)13-25(14-18(2)22(28)29,23(30)32-15-19-9-5-3-6-10-19)24(31)33-16-20-11-7-4-8-12-20/h3-12H,1-2,13-16H2,(H,26,27)(H,28,29). The Labute approximate surface area is 190 Å². The number of benzene rings is 2. The molecule has 0 saturated heterocycles. The first-order valence-corrected chi connectivity index (χ1v) is 9.90. The van der Waals surface area contributed by atoms with E-state index >= 15 is 0 Å². The summed E-state index contributed by atoms with van der Waals surface area (Å²) in [6.07, 6.45) is -1.42. The summed E-state index contributed by atoms with van der Waals surface area (Å²) in [5.41, 5.74) is -2.03. The summed E-state index contributed by atoms with van der Waals surface area (Å²) in [6.45, 7) is 6.37. The molecule has 172 valence electrons. The zero-order valence-electron chi connectivity index (χ0n) is 17.9. The van der Waals surface area contributed by atoms with E-state index in [1.807, 2.05) is 0 Å². The molecule has 8 nitrogen and oxygen atoms in total. The molecule has 0 bridgehead atoms. The van der Waals surface area contributed by atoms with Crippen molar-refractivity contribution in [3.63, 3.8) is 0 Å². The highest BCUT2D eigenvalue weighted by atomic mass is 16.6. The van der Waals surface area contributed by atoms with Crippen LogP contribution in [0.25, 0.3) is 0 Å². The van der Waals surface area contributed by atoms with Crippen LogP contribution in [0.3, 0.4) is 0 Å². The number of aliphatic carboxylic acids is 2. The van der Waals surface area contributed by atoms with Crippen LogP contribution in [0.15, 0.2) is 85.0 Å². The van der Waals surface area contributed by atoms with Crippen molar-refractivity contribution in [3.8, 4) is 0 Å². The molecule has 0 amide bonds. The van der Waals surface area contributed by atoms with Crippen LogP contribution in [0, 0.1) is 5.41 Å². The van der Waals surface area contributed by atoms with Crippen molar-refractivity contribution >= 4 is 23.9 Å². The first-order valence-electron chi connectivity index (χ1n) is 9.90. The second-order valence-electron chi connectivity index (χ2n) is 7.38. The van der Waals surface area contributed by atoms with Crippen molar-refractivity contribution in [2.24, 2.45) is 5.41 Å². The topological polar surface area (TPSA) is 127 Å². The van der Waals surface area contributed by atoms with Crippen LogP contribution in [0.4, 0.5) is 0 Å². The Hall–Kier alpha value is -4.20. The lowest BCUT2D eigenvalue weighted by molar-refractivity contribution is -0.174. The Morgan fingerprint density at radius 3 is 1.30 bits per heavy atom. The van der Waals surface area contributed by atoms with Crippen LogP contribution >= 0.6 is 0 Å². The molecule has 0 unspecified atom stereocenters. The lowest BCUT2D eigenvalue weighted by Crippen LogP contribution is -2.43. The molecule has 2 rings (SSSR count). The molecule has 0 radical (unpaired) electrons. The molecule has 0 aromatic heterocycles. The predicted octanol–water partition coefficient (Wildman–Crippen LogP) is 3.52. The average Bonchev–Trinajstić information content (AvgIpc) is 2.81. The van der Waals surface area contributed by atoms with Gasteiger partial charge in [-0.25, -0.2) is 9.59 Å². The Morgan fingerprint density at radius 2 is 1.00 bits per heavy atom. The SMILES string of the molecule is C=C(CC(CC(=C)C(=O)O)(C(=O)OCc1ccccc1)C(=O)OCc1ccccc1)C(=O)O.